The fraction of sp³-hybridized carbons (Fsp3) is 0.733. The molecule has 6 heteroatoms. The highest BCUT2D eigenvalue weighted by molar-refractivity contribution is 7.89. The third-order valence-electron chi connectivity index (χ3n) is 4.36. The van der Waals surface area contributed by atoms with Gasteiger partial charge in [-0.2, -0.15) is 4.31 Å². The van der Waals surface area contributed by atoms with Gasteiger partial charge < -0.3 is 5.32 Å². The second-order valence-electron chi connectivity index (χ2n) is 7.08. The molecule has 0 aromatic carbocycles. The van der Waals surface area contributed by atoms with Gasteiger partial charge in [-0.3, -0.25) is 0 Å². The van der Waals surface area contributed by atoms with E-state index in [4.69, 9.17) is 0 Å². The molecule has 3 rings (SSSR count). The average molecular weight is 329 g/mol. The van der Waals surface area contributed by atoms with Crippen molar-refractivity contribution in [2.45, 2.75) is 57.5 Å². The first-order valence-electron chi connectivity index (χ1n) is 7.60. The van der Waals surface area contributed by atoms with E-state index in [1.165, 1.54) is 12.8 Å². The summed E-state index contributed by atoms with van der Waals surface area (Å²) in [7, 11) is -3.35. The smallest absolute Gasteiger partial charge is 0.244 e. The molecule has 0 spiro atoms. The molecule has 1 saturated carbocycles. The first-order chi connectivity index (χ1) is 9.79. The van der Waals surface area contributed by atoms with Gasteiger partial charge in [0.25, 0.3) is 0 Å². The zero-order valence-corrected chi connectivity index (χ0v) is 14.6. The van der Waals surface area contributed by atoms with E-state index < -0.39 is 10.0 Å². The third-order valence-corrected chi connectivity index (χ3v) is 7.67. The van der Waals surface area contributed by atoms with Crippen LogP contribution in [0.3, 0.4) is 0 Å². The van der Waals surface area contributed by atoms with Crippen LogP contribution in [0.25, 0.3) is 0 Å². The van der Waals surface area contributed by atoms with Crippen LogP contribution in [0.4, 0.5) is 0 Å². The number of aryl methyl sites for hydroxylation is 1. The second kappa shape index (κ2) is 5.33. The van der Waals surface area contributed by atoms with Crippen LogP contribution in [0.15, 0.2) is 10.3 Å². The summed E-state index contributed by atoms with van der Waals surface area (Å²) in [6.45, 7) is 8.12. The predicted molar refractivity (Wildman–Crippen MR) is 86.1 cm³/mol. The van der Waals surface area contributed by atoms with E-state index in [0.29, 0.717) is 30.6 Å². The molecule has 118 valence electrons. The maximum absolute atomic E-state index is 13.0. The average Bonchev–Trinajstić information content (AvgIpc) is 3.04. The highest BCUT2D eigenvalue weighted by Gasteiger charge is 2.38. The van der Waals surface area contributed by atoms with Gasteiger partial charge in [0.15, 0.2) is 0 Å². The Balaban J connectivity index is 1.85. The Morgan fingerprint density at radius 2 is 2.14 bits per heavy atom. The van der Waals surface area contributed by atoms with Crippen LogP contribution in [0.2, 0.25) is 0 Å². The van der Waals surface area contributed by atoms with Gasteiger partial charge in [0.05, 0.1) is 0 Å². The largest absolute Gasteiger partial charge is 0.309 e. The molecule has 1 N–H and O–H groups in total. The van der Waals surface area contributed by atoms with Crippen LogP contribution in [0.1, 0.15) is 43.6 Å². The highest BCUT2D eigenvalue weighted by Crippen LogP contribution is 2.36. The molecule has 4 nitrogen and oxygen atoms in total. The molecule has 1 aliphatic heterocycles. The van der Waals surface area contributed by atoms with Crippen LogP contribution in [0, 0.1) is 12.3 Å². The number of thiophene rings is 1. The van der Waals surface area contributed by atoms with Crippen molar-refractivity contribution in [1.82, 2.24) is 9.62 Å². The normalized spacial score (nSPS) is 22.8. The predicted octanol–water partition coefficient (Wildman–Crippen LogP) is 2.73. The summed E-state index contributed by atoms with van der Waals surface area (Å²) in [6, 6.07) is 0.591. The Morgan fingerprint density at radius 3 is 2.71 bits per heavy atom. The summed E-state index contributed by atoms with van der Waals surface area (Å²) in [5.74, 6) is 0. The summed E-state index contributed by atoms with van der Waals surface area (Å²) in [5.41, 5.74) is 0.973. The Labute approximate surface area is 131 Å². The Hall–Kier alpha value is -0.430. The van der Waals surface area contributed by atoms with Crippen molar-refractivity contribution >= 4 is 21.4 Å². The molecule has 2 aliphatic rings. The monoisotopic (exact) mass is 328 g/mol. The van der Waals surface area contributed by atoms with Crippen molar-refractivity contribution in [3.05, 3.63) is 15.8 Å². The summed E-state index contributed by atoms with van der Waals surface area (Å²) in [4.78, 5) is 1.52. The van der Waals surface area contributed by atoms with Gasteiger partial charge in [0.2, 0.25) is 10.0 Å². The molecule has 0 radical (unpaired) electrons. The minimum atomic E-state index is -3.35. The van der Waals surface area contributed by atoms with E-state index in [9.17, 15) is 8.42 Å². The fourth-order valence-electron chi connectivity index (χ4n) is 2.88. The molecule has 1 saturated heterocycles. The van der Waals surface area contributed by atoms with Crippen molar-refractivity contribution in [1.29, 1.82) is 0 Å². The molecule has 1 aromatic heterocycles. The maximum Gasteiger partial charge on any atom is 0.244 e. The maximum atomic E-state index is 13.0. The summed E-state index contributed by atoms with van der Waals surface area (Å²) in [6.07, 6.45) is 3.37. The Bertz CT molecular complexity index is 630. The summed E-state index contributed by atoms with van der Waals surface area (Å²) >= 11 is 1.56. The first kappa shape index (κ1) is 15.5. The molecule has 2 heterocycles. The van der Waals surface area contributed by atoms with E-state index in [-0.39, 0.29) is 5.41 Å². The van der Waals surface area contributed by atoms with E-state index in [2.05, 4.69) is 19.2 Å². The van der Waals surface area contributed by atoms with Crippen LogP contribution < -0.4 is 5.32 Å². The lowest BCUT2D eigenvalue weighted by molar-refractivity contribution is 0.375. The lowest BCUT2D eigenvalue weighted by Crippen LogP contribution is -2.31. The number of hydrogen-bond donors (Lipinski definition) is 1. The Kier molecular flexibility index (Phi) is 3.93. The quantitative estimate of drug-likeness (QED) is 0.904. The number of nitrogens with zero attached hydrogens (tertiary/aromatic N) is 1. The van der Waals surface area contributed by atoms with Gasteiger partial charge in [-0.1, -0.05) is 13.8 Å². The topological polar surface area (TPSA) is 49.4 Å². The SMILES string of the molecule is Cc1csc(CNC2CC2)c1S(=O)(=O)N1CCC(C)(C)C1. The van der Waals surface area contributed by atoms with E-state index in [1.807, 2.05) is 12.3 Å². The number of hydrogen-bond acceptors (Lipinski definition) is 4. The highest BCUT2D eigenvalue weighted by atomic mass is 32.2. The molecule has 1 aliphatic carbocycles. The van der Waals surface area contributed by atoms with Crippen molar-refractivity contribution in [3.8, 4) is 0 Å². The lowest BCUT2D eigenvalue weighted by atomic mass is 9.93. The van der Waals surface area contributed by atoms with Gasteiger partial charge in [0, 0.05) is 30.6 Å². The zero-order chi connectivity index (χ0) is 15.3. The fourth-order valence-corrected chi connectivity index (χ4v) is 6.22. The van der Waals surface area contributed by atoms with Crippen molar-refractivity contribution in [3.63, 3.8) is 0 Å². The first-order valence-corrected chi connectivity index (χ1v) is 9.92. The van der Waals surface area contributed by atoms with Gasteiger partial charge >= 0.3 is 0 Å². The number of nitrogens with one attached hydrogen (secondary N) is 1. The van der Waals surface area contributed by atoms with E-state index in [1.54, 1.807) is 15.6 Å². The third kappa shape index (κ3) is 3.18. The van der Waals surface area contributed by atoms with E-state index >= 15 is 0 Å². The standard InChI is InChI=1S/C15H24N2O2S2/c1-11-9-20-13(8-16-12-4-5-12)14(11)21(18,19)17-7-6-15(2,3)10-17/h9,12,16H,4-8,10H2,1-3H3. The molecule has 0 unspecified atom stereocenters. The molecule has 21 heavy (non-hydrogen) atoms. The minimum absolute atomic E-state index is 0.0867. The summed E-state index contributed by atoms with van der Waals surface area (Å²) < 4.78 is 27.6. The van der Waals surface area contributed by atoms with Crippen LogP contribution >= 0.6 is 11.3 Å². The van der Waals surface area contributed by atoms with Crippen molar-refractivity contribution < 1.29 is 8.42 Å². The molecule has 2 fully saturated rings. The van der Waals surface area contributed by atoms with E-state index in [0.717, 1.165) is 16.9 Å². The second-order valence-corrected chi connectivity index (χ2v) is 9.92. The zero-order valence-electron chi connectivity index (χ0n) is 13.0. The van der Waals surface area contributed by atoms with Gasteiger partial charge in [0.1, 0.15) is 4.90 Å². The van der Waals surface area contributed by atoms with Gasteiger partial charge in [-0.05, 0) is 42.5 Å². The molecule has 0 bridgehead atoms. The van der Waals surface area contributed by atoms with Crippen LogP contribution in [-0.2, 0) is 16.6 Å². The number of rotatable bonds is 5. The van der Waals surface area contributed by atoms with Crippen molar-refractivity contribution in [2.24, 2.45) is 5.41 Å². The molecule has 0 atom stereocenters. The van der Waals surface area contributed by atoms with Crippen LogP contribution in [0.5, 0.6) is 0 Å². The van der Waals surface area contributed by atoms with Crippen LogP contribution in [-0.4, -0.2) is 31.9 Å². The van der Waals surface area contributed by atoms with Gasteiger partial charge in [-0.15, -0.1) is 11.3 Å². The molecule has 0 amide bonds. The molecule has 1 aromatic rings. The molecular formula is C15H24N2O2S2. The minimum Gasteiger partial charge on any atom is -0.309 e. The Morgan fingerprint density at radius 1 is 1.43 bits per heavy atom. The summed E-state index contributed by atoms with van der Waals surface area (Å²) in [5, 5.41) is 5.40. The molecular weight excluding hydrogens is 304 g/mol. The lowest BCUT2D eigenvalue weighted by Gasteiger charge is -2.20. The van der Waals surface area contributed by atoms with Crippen molar-refractivity contribution in [2.75, 3.05) is 13.1 Å². The van der Waals surface area contributed by atoms with Gasteiger partial charge in [-0.25, -0.2) is 8.42 Å². The number of sulfonamides is 1.